The fourth-order valence-corrected chi connectivity index (χ4v) is 2.98. The molecule has 0 spiro atoms. The van der Waals surface area contributed by atoms with E-state index in [0.717, 1.165) is 13.0 Å². The van der Waals surface area contributed by atoms with Crippen molar-refractivity contribution >= 4 is 16.7 Å². The van der Waals surface area contributed by atoms with E-state index in [0.29, 0.717) is 22.3 Å². The van der Waals surface area contributed by atoms with E-state index >= 15 is 0 Å². The molecular weight excluding hydrogens is 284 g/mol. The minimum atomic E-state index is -0.354. The van der Waals surface area contributed by atoms with Gasteiger partial charge in [0.25, 0.3) is 0 Å². The molecule has 5 heteroatoms. The molecule has 1 saturated heterocycles. The van der Waals surface area contributed by atoms with Crippen LogP contribution in [0.1, 0.15) is 18.0 Å². The largest absolute Gasteiger partial charge is 0.349 e. The maximum atomic E-state index is 14.2. The highest BCUT2D eigenvalue weighted by Gasteiger charge is 2.33. The molecule has 0 aliphatic carbocycles. The van der Waals surface area contributed by atoms with Crippen LogP contribution in [0.25, 0.3) is 10.9 Å². The third kappa shape index (κ3) is 1.93. The van der Waals surface area contributed by atoms with E-state index in [1.807, 2.05) is 11.0 Å². The van der Waals surface area contributed by atoms with E-state index in [1.165, 1.54) is 18.5 Å². The van der Waals surface area contributed by atoms with Crippen LogP contribution in [0.2, 0.25) is 0 Å². The fourth-order valence-electron chi connectivity index (χ4n) is 2.98. The standard InChI is InChI=1S/C17H13F2N3/c18-12-5-2-1-4-11(12)15-8-9-22(15)17-16-13(19)6-3-7-14(16)20-10-21-17/h1-7,10,15H,8-9H2/t15-/m1/s1. The van der Waals surface area contributed by atoms with Gasteiger partial charge in [-0.15, -0.1) is 0 Å². The lowest BCUT2D eigenvalue weighted by Gasteiger charge is -2.42. The Morgan fingerprint density at radius 2 is 1.77 bits per heavy atom. The van der Waals surface area contributed by atoms with Crippen molar-refractivity contribution in [2.24, 2.45) is 0 Å². The van der Waals surface area contributed by atoms with Crippen LogP contribution < -0.4 is 4.90 Å². The van der Waals surface area contributed by atoms with E-state index in [-0.39, 0.29) is 17.7 Å². The number of hydrogen-bond donors (Lipinski definition) is 0. The van der Waals surface area contributed by atoms with E-state index in [1.54, 1.807) is 24.3 Å². The van der Waals surface area contributed by atoms with Crippen molar-refractivity contribution in [2.45, 2.75) is 12.5 Å². The molecule has 0 N–H and O–H groups in total. The number of nitrogens with zero attached hydrogens (tertiary/aromatic N) is 3. The molecule has 0 radical (unpaired) electrons. The van der Waals surface area contributed by atoms with Crippen molar-refractivity contribution < 1.29 is 8.78 Å². The van der Waals surface area contributed by atoms with Gasteiger partial charge in [0, 0.05) is 12.1 Å². The van der Waals surface area contributed by atoms with Gasteiger partial charge in [-0.2, -0.15) is 0 Å². The minimum absolute atomic E-state index is 0.112. The molecule has 110 valence electrons. The zero-order valence-corrected chi connectivity index (χ0v) is 11.7. The minimum Gasteiger partial charge on any atom is -0.349 e. The third-order valence-electron chi connectivity index (χ3n) is 4.15. The third-order valence-corrected chi connectivity index (χ3v) is 4.15. The predicted octanol–water partition coefficient (Wildman–Crippen LogP) is 3.86. The first-order valence-electron chi connectivity index (χ1n) is 7.16. The second kappa shape index (κ2) is 5.02. The lowest BCUT2D eigenvalue weighted by atomic mass is 9.94. The quantitative estimate of drug-likeness (QED) is 0.719. The highest BCUT2D eigenvalue weighted by atomic mass is 19.1. The van der Waals surface area contributed by atoms with Gasteiger partial charge in [-0.05, 0) is 24.6 Å². The number of fused-ring (bicyclic) bond motifs is 1. The van der Waals surface area contributed by atoms with Gasteiger partial charge in [0.05, 0.1) is 16.9 Å². The molecular formula is C17H13F2N3. The van der Waals surface area contributed by atoms with Gasteiger partial charge in [-0.25, -0.2) is 18.7 Å². The first kappa shape index (κ1) is 13.1. The molecule has 0 bridgehead atoms. The Morgan fingerprint density at radius 1 is 0.955 bits per heavy atom. The van der Waals surface area contributed by atoms with Crippen LogP contribution in [0, 0.1) is 11.6 Å². The van der Waals surface area contributed by atoms with E-state index < -0.39 is 0 Å². The monoisotopic (exact) mass is 297 g/mol. The summed E-state index contributed by atoms with van der Waals surface area (Å²) in [6.07, 6.45) is 2.24. The van der Waals surface area contributed by atoms with Gasteiger partial charge in [0.15, 0.2) is 0 Å². The van der Waals surface area contributed by atoms with Gasteiger partial charge in [-0.3, -0.25) is 0 Å². The normalized spacial score (nSPS) is 17.5. The van der Waals surface area contributed by atoms with Crippen LogP contribution in [0.4, 0.5) is 14.6 Å². The van der Waals surface area contributed by atoms with Crippen LogP contribution in [-0.4, -0.2) is 16.5 Å². The van der Waals surface area contributed by atoms with Gasteiger partial charge in [0.2, 0.25) is 0 Å². The first-order valence-corrected chi connectivity index (χ1v) is 7.16. The molecule has 22 heavy (non-hydrogen) atoms. The predicted molar refractivity (Wildman–Crippen MR) is 80.6 cm³/mol. The molecule has 1 aromatic heterocycles. The number of rotatable bonds is 2. The van der Waals surface area contributed by atoms with Crippen molar-refractivity contribution in [3.63, 3.8) is 0 Å². The zero-order valence-electron chi connectivity index (χ0n) is 11.7. The van der Waals surface area contributed by atoms with Gasteiger partial charge in [0.1, 0.15) is 23.8 Å². The molecule has 1 aliphatic heterocycles. The Kier molecular flexibility index (Phi) is 2.99. The van der Waals surface area contributed by atoms with Crippen molar-refractivity contribution in [2.75, 3.05) is 11.4 Å². The number of benzene rings is 2. The lowest BCUT2D eigenvalue weighted by molar-refractivity contribution is 0.441. The molecule has 1 aliphatic rings. The van der Waals surface area contributed by atoms with Crippen LogP contribution >= 0.6 is 0 Å². The summed E-state index contributed by atoms with van der Waals surface area (Å²) in [5, 5.41) is 0.394. The van der Waals surface area contributed by atoms with Crippen LogP contribution in [-0.2, 0) is 0 Å². The molecule has 0 saturated carbocycles. The average Bonchev–Trinajstić information content (AvgIpc) is 2.49. The Morgan fingerprint density at radius 3 is 2.55 bits per heavy atom. The van der Waals surface area contributed by atoms with Crippen molar-refractivity contribution in [1.29, 1.82) is 0 Å². The molecule has 1 fully saturated rings. The summed E-state index contributed by atoms with van der Waals surface area (Å²) < 4.78 is 28.2. The summed E-state index contributed by atoms with van der Waals surface area (Å²) in [7, 11) is 0. The van der Waals surface area contributed by atoms with Crippen LogP contribution in [0.3, 0.4) is 0 Å². The number of aromatic nitrogens is 2. The summed E-state index contributed by atoms with van der Waals surface area (Å²) >= 11 is 0. The number of halogens is 2. The summed E-state index contributed by atoms with van der Waals surface area (Å²) in [4.78, 5) is 10.3. The number of hydrogen-bond acceptors (Lipinski definition) is 3. The average molecular weight is 297 g/mol. The molecule has 1 atom stereocenters. The summed E-state index contributed by atoms with van der Waals surface area (Å²) in [6.45, 7) is 0.722. The Bertz CT molecular complexity index is 845. The Balaban J connectivity index is 1.82. The second-order valence-electron chi connectivity index (χ2n) is 5.35. The molecule has 2 heterocycles. The smallest absolute Gasteiger partial charge is 0.143 e. The van der Waals surface area contributed by atoms with Crippen LogP contribution in [0.5, 0.6) is 0 Å². The van der Waals surface area contributed by atoms with Gasteiger partial charge < -0.3 is 4.90 Å². The van der Waals surface area contributed by atoms with Crippen molar-refractivity contribution in [3.05, 3.63) is 66.0 Å². The summed E-state index contributed by atoms with van der Waals surface area (Å²) in [5.41, 5.74) is 1.18. The van der Waals surface area contributed by atoms with Gasteiger partial charge >= 0.3 is 0 Å². The van der Waals surface area contributed by atoms with Crippen LogP contribution in [0.15, 0.2) is 48.8 Å². The molecule has 3 nitrogen and oxygen atoms in total. The maximum Gasteiger partial charge on any atom is 0.143 e. The summed E-state index contributed by atoms with van der Waals surface area (Å²) in [6, 6.07) is 11.4. The Labute approximate surface area is 126 Å². The Hall–Kier alpha value is -2.56. The maximum absolute atomic E-state index is 14.2. The second-order valence-corrected chi connectivity index (χ2v) is 5.35. The molecule has 3 aromatic rings. The van der Waals surface area contributed by atoms with Crippen molar-refractivity contribution in [1.82, 2.24) is 9.97 Å². The molecule has 0 amide bonds. The molecule has 0 unspecified atom stereocenters. The topological polar surface area (TPSA) is 29.0 Å². The van der Waals surface area contributed by atoms with Crippen molar-refractivity contribution in [3.8, 4) is 0 Å². The zero-order chi connectivity index (χ0) is 15.1. The van der Waals surface area contributed by atoms with E-state index in [2.05, 4.69) is 9.97 Å². The molecule has 4 rings (SSSR count). The summed E-state index contributed by atoms with van der Waals surface area (Å²) in [5.74, 6) is -0.0640. The highest BCUT2D eigenvalue weighted by molar-refractivity contribution is 5.90. The number of anilines is 1. The first-order chi connectivity index (χ1) is 10.8. The van der Waals surface area contributed by atoms with E-state index in [9.17, 15) is 8.78 Å². The van der Waals surface area contributed by atoms with Gasteiger partial charge in [-0.1, -0.05) is 24.3 Å². The highest BCUT2D eigenvalue weighted by Crippen LogP contribution is 2.40. The lowest BCUT2D eigenvalue weighted by Crippen LogP contribution is -2.42. The molecule has 2 aromatic carbocycles. The fraction of sp³-hybridized carbons (Fsp3) is 0.176. The SMILES string of the molecule is Fc1ccccc1[C@H]1CCN1c1ncnc2cccc(F)c12. The van der Waals surface area contributed by atoms with E-state index in [4.69, 9.17) is 0 Å².